The maximum absolute atomic E-state index is 5.62. The minimum Gasteiger partial charge on any atom is -0.472 e. The summed E-state index contributed by atoms with van der Waals surface area (Å²) in [6, 6.07) is 2.02. The molecule has 108 valence electrons. The zero-order valence-corrected chi connectivity index (χ0v) is 11.9. The van der Waals surface area contributed by atoms with Crippen LogP contribution in [0.15, 0.2) is 35.4 Å². The Kier molecular flexibility index (Phi) is 4.18. The van der Waals surface area contributed by atoms with Crippen molar-refractivity contribution in [1.29, 1.82) is 0 Å². The molecule has 0 radical (unpaired) electrons. The van der Waals surface area contributed by atoms with Crippen LogP contribution in [0.2, 0.25) is 0 Å². The second-order valence-electron chi connectivity index (χ2n) is 5.32. The van der Waals surface area contributed by atoms with E-state index < -0.39 is 0 Å². The summed E-state index contributed by atoms with van der Waals surface area (Å²) >= 11 is 0. The third kappa shape index (κ3) is 3.11. The minimum absolute atomic E-state index is 0.498. The lowest BCUT2D eigenvalue weighted by Crippen LogP contribution is -2.30. The topological polar surface area (TPSA) is 43.4 Å². The Hall–Kier alpha value is -1.59. The molecule has 5 nitrogen and oxygen atoms in total. The first-order valence-corrected chi connectivity index (χ1v) is 7.16. The van der Waals surface area contributed by atoms with Gasteiger partial charge in [-0.05, 0) is 13.0 Å². The van der Waals surface area contributed by atoms with Gasteiger partial charge in [-0.25, -0.2) is 4.98 Å². The second-order valence-corrected chi connectivity index (χ2v) is 5.32. The lowest BCUT2D eigenvalue weighted by atomic mass is 10.1. The number of aromatic nitrogens is 2. The van der Waals surface area contributed by atoms with E-state index in [-0.39, 0.29) is 0 Å². The van der Waals surface area contributed by atoms with E-state index in [4.69, 9.17) is 9.15 Å². The fourth-order valence-corrected chi connectivity index (χ4v) is 2.77. The van der Waals surface area contributed by atoms with Gasteiger partial charge in [0.1, 0.15) is 5.82 Å². The van der Waals surface area contributed by atoms with Crippen molar-refractivity contribution in [3.63, 3.8) is 0 Å². The fourth-order valence-electron chi connectivity index (χ4n) is 2.77. The van der Waals surface area contributed by atoms with Crippen molar-refractivity contribution < 1.29 is 9.15 Å². The van der Waals surface area contributed by atoms with Crippen LogP contribution in [0.4, 0.5) is 0 Å². The SMILES string of the molecule is CCOCC1CN(Cc2ccoc2)Cc2nccn2C1. The average Bonchev–Trinajstić information content (AvgIpc) is 3.06. The van der Waals surface area contributed by atoms with Crippen molar-refractivity contribution in [1.82, 2.24) is 14.5 Å². The van der Waals surface area contributed by atoms with Crippen LogP contribution in [0.25, 0.3) is 0 Å². The maximum Gasteiger partial charge on any atom is 0.122 e. The Balaban J connectivity index is 1.73. The zero-order chi connectivity index (χ0) is 13.8. The molecule has 0 bridgehead atoms. The van der Waals surface area contributed by atoms with Crippen LogP contribution < -0.4 is 0 Å². The smallest absolute Gasteiger partial charge is 0.122 e. The Morgan fingerprint density at radius 2 is 2.40 bits per heavy atom. The van der Waals surface area contributed by atoms with Crippen molar-refractivity contribution in [2.45, 2.75) is 26.6 Å². The average molecular weight is 275 g/mol. The Morgan fingerprint density at radius 1 is 1.45 bits per heavy atom. The zero-order valence-electron chi connectivity index (χ0n) is 11.9. The molecular formula is C15H21N3O2. The molecule has 0 spiro atoms. The molecule has 5 heteroatoms. The minimum atomic E-state index is 0.498. The highest BCUT2D eigenvalue weighted by atomic mass is 16.5. The predicted molar refractivity (Wildman–Crippen MR) is 75.0 cm³/mol. The maximum atomic E-state index is 5.62. The van der Waals surface area contributed by atoms with Gasteiger partial charge in [-0.1, -0.05) is 0 Å². The molecule has 0 aromatic carbocycles. The van der Waals surface area contributed by atoms with Crippen molar-refractivity contribution >= 4 is 0 Å². The van der Waals surface area contributed by atoms with E-state index in [9.17, 15) is 0 Å². The first-order chi connectivity index (χ1) is 9.85. The Labute approximate surface area is 119 Å². The van der Waals surface area contributed by atoms with Gasteiger partial charge in [-0.3, -0.25) is 4.90 Å². The molecule has 0 aliphatic carbocycles. The van der Waals surface area contributed by atoms with Gasteiger partial charge in [0, 0.05) is 50.1 Å². The highest BCUT2D eigenvalue weighted by molar-refractivity contribution is 5.06. The number of furan rings is 1. The number of fused-ring (bicyclic) bond motifs is 1. The standard InChI is InChI=1S/C15H21N3O2/c1-2-19-12-14-8-17(7-13-3-6-20-11-13)10-15-16-4-5-18(15)9-14/h3-6,11,14H,2,7-10,12H2,1H3. The highest BCUT2D eigenvalue weighted by Crippen LogP contribution is 2.18. The third-order valence-electron chi connectivity index (χ3n) is 3.68. The van der Waals surface area contributed by atoms with Gasteiger partial charge in [0.2, 0.25) is 0 Å². The van der Waals surface area contributed by atoms with Gasteiger partial charge in [0.05, 0.1) is 25.7 Å². The molecule has 0 fully saturated rings. The van der Waals surface area contributed by atoms with Crippen LogP contribution >= 0.6 is 0 Å². The van der Waals surface area contributed by atoms with Crippen LogP contribution in [0, 0.1) is 5.92 Å². The molecule has 3 rings (SSSR count). The number of ether oxygens (including phenoxy) is 1. The first kappa shape index (κ1) is 13.4. The Bertz CT molecular complexity index is 521. The molecular weight excluding hydrogens is 254 g/mol. The quantitative estimate of drug-likeness (QED) is 0.838. The summed E-state index contributed by atoms with van der Waals surface area (Å²) < 4.78 is 13.0. The molecule has 0 N–H and O–H groups in total. The molecule has 0 amide bonds. The lowest BCUT2D eigenvalue weighted by molar-refractivity contribution is 0.0851. The first-order valence-electron chi connectivity index (χ1n) is 7.16. The number of imidazole rings is 1. The summed E-state index contributed by atoms with van der Waals surface area (Å²) in [5.74, 6) is 1.63. The largest absolute Gasteiger partial charge is 0.472 e. The van der Waals surface area contributed by atoms with Gasteiger partial charge in [0.15, 0.2) is 0 Å². The van der Waals surface area contributed by atoms with E-state index in [1.165, 1.54) is 5.56 Å². The van der Waals surface area contributed by atoms with Gasteiger partial charge < -0.3 is 13.7 Å². The van der Waals surface area contributed by atoms with Crippen LogP contribution in [-0.4, -0.2) is 34.2 Å². The van der Waals surface area contributed by atoms with Crippen molar-refractivity contribution in [2.24, 2.45) is 5.92 Å². The molecule has 20 heavy (non-hydrogen) atoms. The molecule has 2 aromatic rings. The second kappa shape index (κ2) is 6.24. The number of hydrogen-bond donors (Lipinski definition) is 0. The van der Waals surface area contributed by atoms with E-state index in [1.54, 1.807) is 6.26 Å². The summed E-state index contributed by atoms with van der Waals surface area (Å²) in [5.41, 5.74) is 1.21. The van der Waals surface area contributed by atoms with E-state index in [0.29, 0.717) is 5.92 Å². The summed E-state index contributed by atoms with van der Waals surface area (Å²) in [5, 5.41) is 0. The summed E-state index contributed by atoms with van der Waals surface area (Å²) in [6.45, 7) is 7.40. The summed E-state index contributed by atoms with van der Waals surface area (Å²) in [7, 11) is 0. The van der Waals surface area contributed by atoms with Gasteiger partial charge in [-0.15, -0.1) is 0 Å². The highest BCUT2D eigenvalue weighted by Gasteiger charge is 2.22. The predicted octanol–water partition coefficient (Wildman–Crippen LogP) is 2.14. The third-order valence-corrected chi connectivity index (χ3v) is 3.68. The molecule has 1 atom stereocenters. The molecule has 1 aliphatic heterocycles. The number of rotatable bonds is 5. The van der Waals surface area contributed by atoms with Crippen molar-refractivity contribution in [3.8, 4) is 0 Å². The van der Waals surface area contributed by atoms with Gasteiger partial charge >= 0.3 is 0 Å². The van der Waals surface area contributed by atoms with Crippen LogP contribution in [-0.2, 0) is 24.4 Å². The fraction of sp³-hybridized carbons (Fsp3) is 0.533. The monoisotopic (exact) mass is 275 g/mol. The van der Waals surface area contributed by atoms with Crippen molar-refractivity contribution in [3.05, 3.63) is 42.4 Å². The van der Waals surface area contributed by atoms with Crippen LogP contribution in [0.5, 0.6) is 0 Å². The van der Waals surface area contributed by atoms with Crippen LogP contribution in [0.1, 0.15) is 18.3 Å². The Morgan fingerprint density at radius 3 is 3.20 bits per heavy atom. The molecule has 3 heterocycles. The van der Waals surface area contributed by atoms with Crippen molar-refractivity contribution in [2.75, 3.05) is 19.8 Å². The molecule has 1 aliphatic rings. The number of hydrogen-bond acceptors (Lipinski definition) is 4. The molecule has 2 aromatic heterocycles. The van der Waals surface area contributed by atoms with Gasteiger partial charge in [-0.2, -0.15) is 0 Å². The lowest BCUT2D eigenvalue weighted by Gasteiger charge is -2.23. The van der Waals surface area contributed by atoms with Crippen LogP contribution in [0.3, 0.4) is 0 Å². The van der Waals surface area contributed by atoms with E-state index in [0.717, 1.165) is 45.2 Å². The molecule has 0 saturated carbocycles. The summed E-state index contributed by atoms with van der Waals surface area (Å²) in [6.07, 6.45) is 7.49. The molecule has 1 unspecified atom stereocenters. The van der Waals surface area contributed by atoms with Gasteiger partial charge in [0.25, 0.3) is 0 Å². The normalized spacial score (nSPS) is 19.8. The summed E-state index contributed by atoms with van der Waals surface area (Å²) in [4.78, 5) is 6.89. The molecule has 0 saturated heterocycles. The van der Waals surface area contributed by atoms with E-state index in [2.05, 4.69) is 20.6 Å². The van der Waals surface area contributed by atoms with E-state index >= 15 is 0 Å². The van der Waals surface area contributed by atoms with E-state index in [1.807, 2.05) is 25.5 Å². The number of nitrogens with zero attached hydrogens (tertiary/aromatic N) is 3.